The third kappa shape index (κ3) is 3.64. The topological polar surface area (TPSA) is 39.2 Å². The van der Waals surface area contributed by atoms with Gasteiger partial charge in [-0.15, -0.1) is 0 Å². The molecule has 1 aromatic heterocycles. The molecule has 0 unspecified atom stereocenters. The van der Waals surface area contributed by atoms with Crippen LogP contribution in [0.2, 0.25) is 0 Å². The summed E-state index contributed by atoms with van der Waals surface area (Å²) in [7, 11) is 0. The second-order valence-electron chi connectivity index (χ2n) is 4.31. The number of benzene rings is 1. The molecule has 3 nitrogen and oxygen atoms in total. The molecule has 0 bridgehead atoms. The maximum absolute atomic E-state index is 11.3. The first kappa shape index (κ1) is 13.7. The van der Waals surface area contributed by atoms with Crippen molar-refractivity contribution in [3.63, 3.8) is 0 Å². The summed E-state index contributed by atoms with van der Waals surface area (Å²) < 4.78 is 6.46. The van der Waals surface area contributed by atoms with Crippen molar-refractivity contribution in [1.29, 1.82) is 0 Å². The molecule has 0 radical (unpaired) electrons. The van der Waals surface area contributed by atoms with Gasteiger partial charge in [0, 0.05) is 11.8 Å². The van der Waals surface area contributed by atoms with E-state index in [1.165, 1.54) is 0 Å². The van der Waals surface area contributed by atoms with Crippen molar-refractivity contribution < 1.29 is 9.53 Å². The van der Waals surface area contributed by atoms with Crippen molar-refractivity contribution in [1.82, 2.24) is 4.98 Å². The molecule has 2 rings (SSSR count). The highest BCUT2D eigenvalue weighted by Gasteiger charge is 2.06. The lowest BCUT2D eigenvalue weighted by atomic mass is 10.1. The van der Waals surface area contributed by atoms with Gasteiger partial charge in [0.05, 0.1) is 10.2 Å². The van der Waals surface area contributed by atoms with Crippen molar-refractivity contribution in [2.24, 2.45) is 0 Å². The average Bonchev–Trinajstić information content (AvgIpc) is 2.37. The summed E-state index contributed by atoms with van der Waals surface area (Å²) in [6.07, 6.45) is 1.77. The van der Waals surface area contributed by atoms with Crippen LogP contribution < -0.4 is 4.74 Å². The predicted octanol–water partition coefficient (Wildman–Crippen LogP) is 3.93. The van der Waals surface area contributed by atoms with Gasteiger partial charge in [0.1, 0.15) is 12.4 Å². The van der Waals surface area contributed by atoms with Crippen LogP contribution in [0, 0.1) is 6.92 Å². The lowest BCUT2D eigenvalue weighted by Gasteiger charge is -2.09. The molecular formula is C15H14BrNO2. The van der Waals surface area contributed by atoms with Crippen LogP contribution in [0.4, 0.5) is 0 Å². The third-order valence-electron chi connectivity index (χ3n) is 2.69. The Hall–Kier alpha value is -1.68. The summed E-state index contributed by atoms with van der Waals surface area (Å²) in [5, 5.41) is 0. The number of hydrogen-bond acceptors (Lipinski definition) is 3. The predicted molar refractivity (Wildman–Crippen MR) is 77.5 cm³/mol. The normalized spacial score (nSPS) is 10.3. The number of aryl methyl sites for hydroxylation is 1. The molecule has 2 aromatic rings. The van der Waals surface area contributed by atoms with Crippen molar-refractivity contribution in [2.75, 3.05) is 0 Å². The highest BCUT2D eigenvalue weighted by molar-refractivity contribution is 9.10. The van der Waals surface area contributed by atoms with Gasteiger partial charge in [0.15, 0.2) is 5.78 Å². The quantitative estimate of drug-likeness (QED) is 0.801. The number of carbonyl (C=O) groups excluding carboxylic acids is 1. The van der Waals surface area contributed by atoms with E-state index in [1.807, 2.05) is 19.1 Å². The molecule has 1 heterocycles. The fourth-order valence-corrected chi connectivity index (χ4v) is 2.16. The van der Waals surface area contributed by atoms with Crippen LogP contribution in [-0.2, 0) is 6.61 Å². The van der Waals surface area contributed by atoms with Gasteiger partial charge >= 0.3 is 0 Å². The van der Waals surface area contributed by atoms with Gasteiger partial charge in [-0.25, -0.2) is 0 Å². The smallest absolute Gasteiger partial charge is 0.159 e. The lowest BCUT2D eigenvalue weighted by Crippen LogP contribution is -2.00. The average molecular weight is 320 g/mol. The van der Waals surface area contributed by atoms with E-state index < -0.39 is 0 Å². The van der Waals surface area contributed by atoms with Gasteiger partial charge in [-0.2, -0.15) is 0 Å². The second-order valence-corrected chi connectivity index (χ2v) is 5.17. The van der Waals surface area contributed by atoms with Crippen molar-refractivity contribution in [3.8, 4) is 5.75 Å². The van der Waals surface area contributed by atoms with Gasteiger partial charge in [-0.1, -0.05) is 0 Å². The van der Waals surface area contributed by atoms with Crippen LogP contribution in [0.15, 0.2) is 41.0 Å². The van der Waals surface area contributed by atoms with E-state index in [1.54, 1.807) is 31.3 Å². The molecular weight excluding hydrogens is 306 g/mol. The zero-order valence-electron chi connectivity index (χ0n) is 10.8. The maximum atomic E-state index is 11.3. The second kappa shape index (κ2) is 5.97. The Morgan fingerprint density at radius 2 is 2.11 bits per heavy atom. The van der Waals surface area contributed by atoms with Crippen LogP contribution in [0.1, 0.15) is 28.5 Å². The molecule has 4 heteroatoms. The van der Waals surface area contributed by atoms with Gasteiger partial charge < -0.3 is 4.74 Å². The number of aromatic nitrogens is 1. The first-order chi connectivity index (χ1) is 9.06. The van der Waals surface area contributed by atoms with Gasteiger partial charge in [0.25, 0.3) is 0 Å². The van der Waals surface area contributed by atoms with E-state index in [9.17, 15) is 4.79 Å². The van der Waals surface area contributed by atoms with Gasteiger partial charge in [-0.3, -0.25) is 9.78 Å². The van der Waals surface area contributed by atoms with Crippen molar-refractivity contribution in [3.05, 3.63) is 57.8 Å². The molecule has 0 amide bonds. The minimum Gasteiger partial charge on any atom is -0.486 e. The number of carbonyl (C=O) groups is 1. The Morgan fingerprint density at radius 1 is 1.32 bits per heavy atom. The highest BCUT2D eigenvalue weighted by Crippen LogP contribution is 2.26. The largest absolute Gasteiger partial charge is 0.486 e. The molecule has 0 spiro atoms. The Balaban J connectivity index is 2.10. The summed E-state index contributed by atoms with van der Waals surface area (Å²) in [5.74, 6) is 0.737. The minimum atomic E-state index is 0.0348. The van der Waals surface area contributed by atoms with Crippen molar-refractivity contribution >= 4 is 21.7 Å². The Bertz CT molecular complexity index is 611. The fourth-order valence-electron chi connectivity index (χ4n) is 1.67. The fraction of sp³-hybridized carbons (Fsp3) is 0.200. The van der Waals surface area contributed by atoms with E-state index in [0.29, 0.717) is 17.9 Å². The molecule has 1 aromatic carbocycles. The summed E-state index contributed by atoms with van der Waals surface area (Å²) in [4.78, 5) is 15.5. The summed E-state index contributed by atoms with van der Waals surface area (Å²) in [6, 6.07) is 9.24. The maximum Gasteiger partial charge on any atom is 0.159 e. The molecule has 0 atom stereocenters. The van der Waals surface area contributed by atoms with Crippen LogP contribution in [0.3, 0.4) is 0 Å². The van der Waals surface area contributed by atoms with E-state index in [0.717, 1.165) is 15.7 Å². The number of ether oxygens (including phenoxy) is 1. The number of halogens is 1. The van der Waals surface area contributed by atoms with Gasteiger partial charge in [-0.05, 0) is 65.7 Å². The number of Topliss-reactive ketones (excluding diaryl/α,β-unsaturated/α-hetero) is 1. The zero-order valence-corrected chi connectivity index (χ0v) is 12.4. The number of ketones is 1. The van der Waals surface area contributed by atoms with E-state index >= 15 is 0 Å². The molecule has 0 aliphatic heterocycles. The molecule has 98 valence electrons. The summed E-state index contributed by atoms with van der Waals surface area (Å²) in [6.45, 7) is 3.96. The van der Waals surface area contributed by atoms with Crippen molar-refractivity contribution in [2.45, 2.75) is 20.5 Å². The summed E-state index contributed by atoms with van der Waals surface area (Å²) >= 11 is 3.41. The Labute approximate surface area is 120 Å². The molecule has 19 heavy (non-hydrogen) atoms. The molecule has 0 aliphatic carbocycles. The Morgan fingerprint density at radius 3 is 2.74 bits per heavy atom. The number of hydrogen-bond donors (Lipinski definition) is 0. The lowest BCUT2D eigenvalue weighted by molar-refractivity contribution is 0.101. The molecule has 0 saturated heterocycles. The molecule has 0 fully saturated rings. The SMILES string of the molecule is CC(=O)c1ccc(OCc2cc(C)ccn2)c(Br)c1. The number of rotatable bonds is 4. The highest BCUT2D eigenvalue weighted by atomic mass is 79.9. The first-order valence-electron chi connectivity index (χ1n) is 5.91. The van der Waals surface area contributed by atoms with Gasteiger partial charge in [0.2, 0.25) is 0 Å². The summed E-state index contributed by atoms with van der Waals surface area (Å²) in [5.41, 5.74) is 2.69. The van der Waals surface area contributed by atoms with Crippen LogP contribution >= 0.6 is 15.9 Å². The third-order valence-corrected chi connectivity index (χ3v) is 3.31. The minimum absolute atomic E-state index is 0.0348. The first-order valence-corrected chi connectivity index (χ1v) is 6.70. The number of pyridine rings is 1. The van der Waals surface area contributed by atoms with E-state index in [4.69, 9.17) is 4.74 Å². The van der Waals surface area contributed by atoms with Crippen LogP contribution in [-0.4, -0.2) is 10.8 Å². The molecule has 0 aliphatic rings. The van der Waals surface area contributed by atoms with Crippen LogP contribution in [0.5, 0.6) is 5.75 Å². The zero-order chi connectivity index (χ0) is 13.8. The monoisotopic (exact) mass is 319 g/mol. The van der Waals surface area contributed by atoms with E-state index in [-0.39, 0.29) is 5.78 Å². The Kier molecular flexibility index (Phi) is 4.32. The molecule has 0 N–H and O–H groups in total. The van der Waals surface area contributed by atoms with Crippen LogP contribution in [0.25, 0.3) is 0 Å². The standard InChI is InChI=1S/C15H14BrNO2/c1-10-5-6-17-13(7-10)9-19-15-4-3-12(11(2)18)8-14(15)16/h3-8H,9H2,1-2H3. The number of nitrogens with zero attached hydrogens (tertiary/aromatic N) is 1. The van der Waals surface area contributed by atoms with E-state index in [2.05, 4.69) is 20.9 Å². The molecule has 0 saturated carbocycles.